The molecule has 1 aliphatic rings. The SMILES string of the molecule is CCNC(=NCc1cccc(OC)c1)NCCCCN1CCOCC1.I. The smallest absolute Gasteiger partial charge is 0.191 e. The van der Waals surface area contributed by atoms with Crippen molar-refractivity contribution in [1.82, 2.24) is 15.5 Å². The number of benzene rings is 1. The number of hydrogen-bond acceptors (Lipinski definition) is 4. The zero-order chi connectivity index (χ0) is 17.7. The Hall–Kier alpha value is -1.06. The fourth-order valence-electron chi connectivity index (χ4n) is 2.77. The molecule has 0 radical (unpaired) electrons. The lowest BCUT2D eigenvalue weighted by Gasteiger charge is -2.26. The van der Waals surface area contributed by atoms with E-state index in [-0.39, 0.29) is 24.0 Å². The largest absolute Gasteiger partial charge is 0.497 e. The summed E-state index contributed by atoms with van der Waals surface area (Å²) in [5.74, 6) is 1.74. The Morgan fingerprint density at radius 3 is 2.77 bits per heavy atom. The molecule has 0 aromatic heterocycles. The molecule has 1 aliphatic heterocycles. The zero-order valence-corrected chi connectivity index (χ0v) is 18.3. The van der Waals surface area contributed by atoms with Crippen LogP contribution in [0.25, 0.3) is 0 Å². The standard InChI is InChI=1S/C19H32N4O2.HI/c1-3-20-19(22-16-17-7-6-8-18(15-17)24-2)21-9-4-5-10-23-11-13-25-14-12-23;/h6-8,15H,3-5,9-14,16H2,1-2H3,(H2,20,21,22);1H. The maximum absolute atomic E-state index is 5.38. The molecule has 1 saturated heterocycles. The van der Waals surface area contributed by atoms with Crippen LogP contribution in [0.4, 0.5) is 0 Å². The number of methoxy groups -OCH3 is 1. The van der Waals surface area contributed by atoms with E-state index in [1.807, 2.05) is 18.2 Å². The summed E-state index contributed by atoms with van der Waals surface area (Å²) in [6.45, 7) is 9.56. The Kier molecular flexibility index (Phi) is 12.4. The number of unbranched alkanes of at least 4 members (excludes halogenated alkanes) is 1. The van der Waals surface area contributed by atoms with Gasteiger partial charge in [-0.05, 0) is 44.0 Å². The number of ether oxygens (including phenoxy) is 2. The molecule has 0 aliphatic carbocycles. The Morgan fingerprint density at radius 1 is 1.23 bits per heavy atom. The van der Waals surface area contributed by atoms with Gasteiger partial charge in [0.05, 0.1) is 26.9 Å². The summed E-state index contributed by atoms with van der Waals surface area (Å²) >= 11 is 0. The number of nitrogens with one attached hydrogen (secondary N) is 2. The lowest BCUT2D eigenvalue weighted by Crippen LogP contribution is -2.39. The molecule has 26 heavy (non-hydrogen) atoms. The van der Waals surface area contributed by atoms with Crippen molar-refractivity contribution >= 4 is 29.9 Å². The van der Waals surface area contributed by atoms with E-state index in [0.717, 1.165) is 69.6 Å². The number of aliphatic imine (C=N–C) groups is 1. The maximum Gasteiger partial charge on any atom is 0.191 e. The Balaban J connectivity index is 0.00000338. The first kappa shape index (κ1) is 23.0. The summed E-state index contributed by atoms with van der Waals surface area (Å²) in [7, 11) is 1.69. The number of guanidine groups is 1. The first-order valence-electron chi connectivity index (χ1n) is 9.27. The second-order valence-corrected chi connectivity index (χ2v) is 6.13. The van der Waals surface area contributed by atoms with Gasteiger partial charge in [-0.2, -0.15) is 0 Å². The van der Waals surface area contributed by atoms with Crippen molar-refractivity contribution in [3.05, 3.63) is 29.8 Å². The zero-order valence-electron chi connectivity index (χ0n) is 16.0. The quantitative estimate of drug-likeness (QED) is 0.248. The van der Waals surface area contributed by atoms with Crippen LogP contribution >= 0.6 is 24.0 Å². The highest BCUT2D eigenvalue weighted by Gasteiger charge is 2.09. The molecule has 2 N–H and O–H groups in total. The minimum atomic E-state index is 0. The molecule has 1 aromatic carbocycles. The molecule has 0 unspecified atom stereocenters. The van der Waals surface area contributed by atoms with Crippen molar-refractivity contribution in [1.29, 1.82) is 0 Å². The first-order chi connectivity index (χ1) is 12.3. The van der Waals surface area contributed by atoms with E-state index in [4.69, 9.17) is 9.47 Å². The van der Waals surface area contributed by atoms with Crippen molar-refractivity contribution in [2.45, 2.75) is 26.3 Å². The third-order valence-corrected chi connectivity index (χ3v) is 4.20. The predicted octanol–water partition coefficient (Wildman–Crippen LogP) is 2.48. The van der Waals surface area contributed by atoms with Crippen LogP contribution in [0, 0.1) is 0 Å². The predicted molar refractivity (Wildman–Crippen MR) is 118 cm³/mol. The summed E-state index contributed by atoms with van der Waals surface area (Å²) in [6.07, 6.45) is 2.34. The van der Waals surface area contributed by atoms with Crippen LogP contribution in [0.2, 0.25) is 0 Å². The van der Waals surface area contributed by atoms with Gasteiger partial charge in [0.2, 0.25) is 0 Å². The lowest BCUT2D eigenvalue weighted by molar-refractivity contribution is 0.0372. The van der Waals surface area contributed by atoms with E-state index >= 15 is 0 Å². The van der Waals surface area contributed by atoms with E-state index in [1.165, 1.54) is 6.42 Å². The van der Waals surface area contributed by atoms with Crippen LogP contribution in [0.15, 0.2) is 29.3 Å². The van der Waals surface area contributed by atoms with Gasteiger partial charge in [-0.15, -0.1) is 24.0 Å². The van der Waals surface area contributed by atoms with Crippen molar-refractivity contribution in [2.75, 3.05) is 53.0 Å². The molecular weight excluding hydrogens is 443 g/mol. The van der Waals surface area contributed by atoms with Gasteiger partial charge in [0, 0.05) is 26.2 Å². The number of hydrogen-bond donors (Lipinski definition) is 2. The van der Waals surface area contributed by atoms with Crippen LogP contribution in [0.3, 0.4) is 0 Å². The number of halogens is 1. The van der Waals surface area contributed by atoms with Crippen LogP contribution in [-0.4, -0.2) is 63.9 Å². The van der Waals surface area contributed by atoms with E-state index in [9.17, 15) is 0 Å². The topological polar surface area (TPSA) is 58.1 Å². The van der Waals surface area contributed by atoms with E-state index < -0.39 is 0 Å². The summed E-state index contributed by atoms with van der Waals surface area (Å²) in [6, 6.07) is 8.04. The minimum Gasteiger partial charge on any atom is -0.497 e. The fourth-order valence-corrected chi connectivity index (χ4v) is 2.77. The fraction of sp³-hybridized carbons (Fsp3) is 0.632. The Bertz CT molecular complexity index is 522. The number of morpholine rings is 1. The van der Waals surface area contributed by atoms with Gasteiger partial charge in [0.25, 0.3) is 0 Å². The molecule has 0 amide bonds. The molecule has 0 bridgehead atoms. The van der Waals surface area contributed by atoms with Crippen molar-refractivity contribution in [2.24, 2.45) is 4.99 Å². The Labute approximate surface area is 174 Å². The minimum absolute atomic E-state index is 0. The van der Waals surface area contributed by atoms with Crippen LogP contribution in [-0.2, 0) is 11.3 Å². The first-order valence-corrected chi connectivity index (χ1v) is 9.27. The lowest BCUT2D eigenvalue weighted by atomic mass is 10.2. The Morgan fingerprint density at radius 2 is 2.04 bits per heavy atom. The molecular formula is C19H33IN4O2. The monoisotopic (exact) mass is 476 g/mol. The average Bonchev–Trinajstić information content (AvgIpc) is 2.66. The van der Waals surface area contributed by atoms with Gasteiger partial charge in [-0.25, -0.2) is 4.99 Å². The molecule has 1 aromatic rings. The van der Waals surface area contributed by atoms with Gasteiger partial charge < -0.3 is 20.1 Å². The van der Waals surface area contributed by atoms with Gasteiger partial charge in [-0.1, -0.05) is 12.1 Å². The van der Waals surface area contributed by atoms with E-state index in [2.05, 4.69) is 33.5 Å². The van der Waals surface area contributed by atoms with Gasteiger partial charge in [-0.3, -0.25) is 4.90 Å². The average molecular weight is 476 g/mol. The van der Waals surface area contributed by atoms with Gasteiger partial charge in [0.1, 0.15) is 5.75 Å². The number of nitrogens with zero attached hydrogens (tertiary/aromatic N) is 2. The van der Waals surface area contributed by atoms with Crippen LogP contribution < -0.4 is 15.4 Å². The van der Waals surface area contributed by atoms with E-state index in [0.29, 0.717) is 6.54 Å². The van der Waals surface area contributed by atoms with Crippen LogP contribution in [0.5, 0.6) is 5.75 Å². The second kappa shape index (κ2) is 14.1. The molecule has 0 spiro atoms. The summed E-state index contributed by atoms with van der Waals surface area (Å²) in [5.41, 5.74) is 1.14. The highest BCUT2D eigenvalue weighted by atomic mass is 127. The van der Waals surface area contributed by atoms with Gasteiger partial charge >= 0.3 is 0 Å². The van der Waals surface area contributed by atoms with Crippen LogP contribution in [0.1, 0.15) is 25.3 Å². The number of rotatable bonds is 9. The highest BCUT2D eigenvalue weighted by molar-refractivity contribution is 14.0. The van der Waals surface area contributed by atoms with Crippen molar-refractivity contribution < 1.29 is 9.47 Å². The molecule has 148 valence electrons. The van der Waals surface area contributed by atoms with Crippen molar-refractivity contribution in [3.63, 3.8) is 0 Å². The van der Waals surface area contributed by atoms with E-state index in [1.54, 1.807) is 7.11 Å². The molecule has 1 fully saturated rings. The highest BCUT2D eigenvalue weighted by Crippen LogP contribution is 2.13. The molecule has 0 atom stereocenters. The maximum atomic E-state index is 5.38. The van der Waals surface area contributed by atoms with Crippen molar-refractivity contribution in [3.8, 4) is 5.75 Å². The summed E-state index contributed by atoms with van der Waals surface area (Å²) < 4.78 is 10.6. The second-order valence-electron chi connectivity index (χ2n) is 6.13. The molecule has 2 rings (SSSR count). The third-order valence-electron chi connectivity index (χ3n) is 4.20. The normalized spacial score (nSPS) is 15.2. The molecule has 1 heterocycles. The molecule has 7 heteroatoms. The third kappa shape index (κ3) is 9.05. The molecule has 0 saturated carbocycles. The summed E-state index contributed by atoms with van der Waals surface area (Å²) in [4.78, 5) is 7.14. The molecule has 6 nitrogen and oxygen atoms in total. The van der Waals surface area contributed by atoms with Gasteiger partial charge in [0.15, 0.2) is 5.96 Å². The summed E-state index contributed by atoms with van der Waals surface area (Å²) in [5, 5.41) is 6.72.